The van der Waals surface area contributed by atoms with Gasteiger partial charge in [-0.1, -0.05) is 33.0 Å². The molecule has 15 heteroatoms. The van der Waals surface area contributed by atoms with E-state index in [0.29, 0.717) is 26.4 Å². The molecule has 12 nitrogen and oxygen atoms in total. The standard InChI is InChI=1S/C31H40F2N6O6Si/c1-31(16-44-17-31)15-35-30(42)36-20-12-22(32)26(23(33)13-20)45-24-8-9-34-27-25(24)21(14-39(27)18-43-10-11-46(2,3)4)29(41)38-37-28(40)19-6-5-7-19/h8-9,12-14,19H,5-7,10-11,15-18H2,1-4H3,(H,37,40)(H,38,41)(H2,35,36,42). The van der Waals surface area contributed by atoms with Crippen molar-refractivity contribution in [2.75, 3.05) is 31.7 Å². The third kappa shape index (κ3) is 8.00. The van der Waals surface area contributed by atoms with Gasteiger partial charge in [-0.2, -0.15) is 0 Å². The van der Waals surface area contributed by atoms with E-state index in [1.165, 1.54) is 18.5 Å². The van der Waals surface area contributed by atoms with E-state index in [0.717, 1.165) is 37.4 Å². The Bertz CT molecular complexity index is 1600. The van der Waals surface area contributed by atoms with Crippen LogP contribution in [0.15, 0.2) is 30.6 Å². The average Bonchev–Trinajstić information content (AvgIpc) is 3.32. The predicted molar refractivity (Wildman–Crippen MR) is 169 cm³/mol. The van der Waals surface area contributed by atoms with Crippen LogP contribution in [0.25, 0.3) is 11.0 Å². The van der Waals surface area contributed by atoms with E-state index >= 15 is 8.78 Å². The summed E-state index contributed by atoms with van der Waals surface area (Å²) >= 11 is 0. The van der Waals surface area contributed by atoms with Gasteiger partial charge >= 0.3 is 6.03 Å². The molecule has 0 bridgehead atoms. The minimum Gasteiger partial charge on any atom is -0.450 e. The first-order chi connectivity index (χ1) is 21.8. The van der Waals surface area contributed by atoms with Crippen molar-refractivity contribution in [1.29, 1.82) is 0 Å². The van der Waals surface area contributed by atoms with Gasteiger partial charge in [0.25, 0.3) is 5.91 Å². The molecule has 46 heavy (non-hydrogen) atoms. The zero-order valence-corrected chi connectivity index (χ0v) is 27.4. The number of nitrogens with one attached hydrogen (secondary N) is 4. The third-order valence-corrected chi connectivity index (χ3v) is 9.71. The molecule has 4 amide bonds. The van der Waals surface area contributed by atoms with Crippen molar-refractivity contribution < 1.29 is 37.4 Å². The summed E-state index contributed by atoms with van der Waals surface area (Å²) in [5, 5.41) is 5.27. The van der Waals surface area contributed by atoms with Gasteiger partial charge in [-0.3, -0.25) is 20.4 Å². The van der Waals surface area contributed by atoms with Crippen molar-refractivity contribution in [2.45, 2.75) is 58.6 Å². The zero-order valence-electron chi connectivity index (χ0n) is 26.4. The van der Waals surface area contributed by atoms with Gasteiger partial charge in [0.1, 0.15) is 18.1 Å². The van der Waals surface area contributed by atoms with Gasteiger partial charge < -0.3 is 29.4 Å². The maximum absolute atomic E-state index is 15.3. The van der Waals surface area contributed by atoms with E-state index < -0.39 is 37.4 Å². The summed E-state index contributed by atoms with van der Waals surface area (Å²) in [5.74, 6) is -4.04. The summed E-state index contributed by atoms with van der Waals surface area (Å²) in [6.07, 6.45) is 5.35. The molecular weight excluding hydrogens is 618 g/mol. The highest BCUT2D eigenvalue weighted by atomic mass is 28.3. The second-order valence-corrected chi connectivity index (χ2v) is 19.0. The van der Waals surface area contributed by atoms with Crippen LogP contribution in [0.3, 0.4) is 0 Å². The Morgan fingerprint density at radius 3 is 2.46 bits per heavy atom. The summed E-state index contributed by atoms with van der Waals surface area (Å²) in [7, 11) is -1.36. The van der Waals surface area contributed by atoms with E-state index in [1.807, 2.05) is 6.92 Å². The van der Waals surface area contributed by atoms with Crippen LogP contribution >= 0.6 is 0 Å². The van der Waals surface area contributed by atoms with Crippen LogP contribution in [0.2, 0.25) is 25.7 Å². The van der Waals surface area contributed by atoms with Crippen LogP contribution in [-0.2, 0) is 21.0 Å². The lowest BCUT2D eigenvalue weighted by atomic mass is 9.85. The van der Waals surface area contributed by atoms with Gasteiger partial charge in [-0.15, -0.1) is 0 Å². The molecule has 2 aromatic heterocycles. The maximum atomic E-state index is 15.3. The number of hydrogen-bond donors (Lipinski definition) is 4. The number of rotatable bonds is 12. The second-order valence-electron chi connectivity index (χ2n) is 13.4. The molecule has 5 rings (SSSR count). The van der Waals surface area contributed by atoms with Crippen molar-refractivity contribution in [3.8, 4) is 11.5 Å². The lowest BCUT2D eigenvalue weighted by Gasteiger charge is -2.37. The Kier molecular flexibility index (Phi) is 9.93. The number of benzene rings is 1. The number of nitrogens with zero attached hydrogens (tertiary/aromatic N) is 2. The molecule has 0 atom stereocenters. The van der Waals surface area contributed by atoms with Gasteiger partial charge in [0.05, 0.1) is 24.2 Å². The fraction of sp³-hybridized carbons (Fsp3) is 0.484. The molecule has 1 aliphatic carbocycles. The lowest BCUT2D eigenvalue weighted by molar-refractivity contribution is -0.128. The summed E-state index contributed by atoms with van der Waals surface area (Å²) in [5.41, 5.74) is 4.94. The Labute approximate surface area is 266 Å². The first-order valence-electron chi connectivity index (χ1n) is 15.3. The molecule has 2 fully saturated rings. The normalized spacial score (nSPS) is 15.9. The zero-order chi connectivity index (χ0) is 33.1. The van der Waals surface area contributed by atoms with Gasteiger partial charge in [0, 0.05) is 62.8 Å². The molecule has 1 saturated carbocycles. The number of amides is 4. The number of urea groups is 1. The topological polar surface area (TPSA) is 145 Å². The van der Waals surface area contributed by atoms with E-state index in [2.05, 4.69) is 46.1 Å². The summed E-state index contributed by atoms with van der Waals surface area (Å²) < 4.78 is 48.9. The van der Waals surface area contributed by atoms with E-state index in [-0.39, 0.29) is 52.0 Å². The molecular formula is C31H40F2N6O6Si. The minimum absolute atomic E-state index is 0.0477. The minimum atomic E-state index is -1.36. The predicted octanol–water partition coefficient (Wildman–Crippen LogP) is 5.14. The Morgan fingerprint density at radius 2 is 1.85 bits per heavy atom. The second kappa shape index (κ2) is 13.7. The molecule has 0 spiro atoms. The van der Waals surface area contributed by atoms with Gasteiger partial charge in [0.2, 0.25) is 5.91 Å². The summed E-state index contributed by atoms with van der Waals surface area (Å²) in [6, 6.07) is 3.56. The maximum Gasteiger partial charge on any atom is 0.319 e. The Balaban J connectivity index is 1.37. The van der Waals surface area contributed by atoms with Crippen LogP contribution in [0.4, 0.5) is 19.3 Å². The van der Waals surface area contributed by atoms with Crippen LogP contribution in [0.5, 0.6) is 11.5 Å². The number of fused-ring (bicyclic) bond motifs is 1. The molecule has 1 saturated heterocycles. The molecule has 2 aliphatic rings. The van der Waals surface area contributed by atoms with E-state index in [4.69, 9.17) is 14.2 Å². The van der Waals surface area contributed by atoms with Gasteiger partial charge in [-0.25, -0.2) is 18.6 Å². The van der Waals surface area contributed by atoms with Crippen molar-refractivity contribution in [3.05, 3.63) is 47.8 Å². The van der Waals surface area contributed by atoms with Crippen LogP contribution < -0.4 is 26.2 Å². The van der Waals surface area contributed by atoms with E-state index in [9.17, 15) is 14.4 Å². The number of anilines is 1. The number of halogens is 2. The van der Waals surface area contributed by atoms with Crippen LogP contribution in [-0.4, -0.2) is 61.8 Å². The largest absolute Gasteiger partial charge is 0.450 e. The number of pyridine rings is 1. The first-order valence-corrected chi connectivity index (χ1v) is 19.0. The molecule has 3 heterocycles. The molecule has 1 aliphatic heterocycles. The fourth-order valence-corrected chi connectivity index (χ4v) is 5.66. The van der Waals surface area contributed by atoms with Crippen molar-refractivity contribution in [3.63, 3.8) is 0 Å². The monoisotopic (exact) mass is 658 g/mol. The fourth-order valence-electron chi connectivity index (χ4n) is 4.90. The number of carbonyl (C=O) groups excluding carboxylic acids is 3. The molecule has 0 unspecified atom stereocenters. The van der Waals surface area contributed by atoms with Crippen molar-refractivity contribution in [1.82, 2.24) is 25.7 Å². The molecule has 248 valence electrons. The third-order valence-electron chi connectivity index (χ3n) is 8.01. The first kappa shape index (κ1) is 33.3. The van der Waals surface area contributed by atoms with Crippen molar-refractivity contribution >= 4 is 42.6 Å². The van der Waals surface area contributed by atoms with Gasteiger partial charge in [-0.05, 0) is 25.0 Å². The number of aromatic nitrogens is 2. The molecule has 3 aromatic rings. The Hall–Kier alpha value is -4.08. The smallest absolute Gasteiger partial charge is 0.319 e. The molecule has 0 radical (unpaired) electrons. The number of hydrazine groups is 1. The molecule has 1 aromatic carbocycles. The highest BCUT2D eigenvalue weighted by molar-refractivity contribution is 6.76. The van der Waals surface area contributed by atoms with Crippen molar-refractivity contribution in [2.24, 2.45) is 11.3 Å². The SMILES string of the molecule is CC1(CNC(=O)Nc2cc(F)c(Oc3ccnc4c3c(C(=O)NNC(=O)C3CCC3)cn4COCC[Si](C)(C)C)c(F)c2)COC1. The van der Waals surface area contributed by atoms with Crippen LogP contribution in [0, 0.1) is 23.0 Å². The average molecular weight is 659 g/mol. The quantitative estimate of drug-likeness (QED) is 0.120. The lowest BCUT2D eigenvalue weighted by Crippen LogP contribution is -2.49. The number of hydrogen-bond acceptors (Lipinski definition) is 7. The summed E-state index contributed by atoms with van der Waals surface area (Å²) in [6.45, 7) is 10.6. The van der Waals surface area contributed by atoms with Crippen LogP contribution in [0.1, 0.15) is 36.5 Å². The van der Waals surface area contributed by atoms with E-state index in [1.54, 1.807) is 4.57 Å². The summed E-state index contributed by atoms with van der Waals surface area (Å²) in [4.78, 5) is 42.4. The van der Waals surface area contributed by atoms with Gasteiger partial charge in [0.15, 0.2) is 17.4 Å². The number of ether oxygens (including phenoxy) is 3. The number of carbonyl (C=O) groups is 3. The molecule has 4 N–H and O–H groups in total. The Morgan fingerprint density at radius 1 is 1.13 bits per heavy atom. The highest BCUT2D eigenvalue weighted by Gasteiger charge is 2.33. The highest BCUT2D eigenvalue weighted by Crippen LogP contribution is 2.36.